The van der Waals surface area contributed by atoms with Gasteiger partial charge in [-0.2, -0.15) is 5.10 Å². The second-order valence-electron chi connectivity index (χ2n) is 4.54. The molecule has 0 fully saturated rings. The normalized spacial score (nSPS) is 10.8. The first-order valence-corrected chi connectivity index (χ1v) is 6.68. The molecule has 0 spiro atoms. The number of carbonyl (C=O) groups is 1. The molecule has 22 heavy (non-hydrogen) atoms. The molecule has 0 aliphatic heterocycles. The second-order valence-corrected chi connectivity index (χ2v) is 4.93. The van der Waals surface area contributed by atoms with E-state index in [0.29, 0.717) is 16.8 Å². The number of rotatable bonds is 3. The van der Waals surface area contributed by atoms with E-state index in [4.69, 9.17) is 16.7 Å². The standard InChI is InChI=1S/C14H10ClFN4O2/c15-12-7-20-11(3-4-18-20)13(19-12)8-1-2-9(10(16)5-8)6-17-14(21)22/h1-5,7,17H,6H2,(H,21,22). The van der Waals surface area contributed by atoms with Gasteiger partial charge in [-0.15, -0.1) is 0 Å². The molecule has 3 aromatic rings. The maximum Gasteiger partial charge on any atom is 0.404 e. The van der Waals surface area contributed by atoms with E-state index in [-0.39, 0.29) is 17.3 Å². The fourth-order valence-corrected chi connectivity index (χ4v) is 2.30. The summed E-state index contributed by atoms with van der Waals surface area (Å²) in [7, 11) is 0. The van der Waals surface area contributed by atoms with E-state index in [1.807, 2.05) is 0 Å². The van der Waals surface area contributed by atoms with E-state index >= 15 is 0 Å². The molecule has 3 rings (SSSR count). The molecule has 0 unspecified atom stereocenters. The topological polar surface area (TPSA) is 79.5 Å². The number of hydrogen-bond donors (Lipinski definition) is 2. The number of nitrogens with one attached hydrogen (secondary N) is 1. The fourth-order valence-electron chi connectivity index (χ4n) is 2.12. The summed E-state index contributed by atoms with van der Waals surface area (Å²) >= 11 is 5.95. The van der Waals surface area contributed by atoms with Crippen LogP contribution in [-0.4, -0.2) is 25.8 Å². The number of nitrogens with zero attached hydrogens (tertiary/aromatic N) is 3. The van der Waals surface area contributed by atoms with E-state index < -0.39 is 11.9 Å². The Hall–Kier alpha value is -2.67. The van der Waals surface area contributed by atoms with E-state index in [2.05, 4.69) is 15.4 Å². The number of amides is 1. The molecule has 0 aliphatic carbocycles. The average Bonchev–Trinajstić information content (AvgIpc) is 2.93. The Morgan fingerprint density at radius 2 is 2.23 bits per heavy atom. The average molecular weight is 321 g/mol. The van der Waals surface area contributed by atoms with Crippen molar-refractivity contribution in [1.29, 1.82) is 0 Å². The minimum atomic E-state index is -1.21. The lowest BCUT2D eigenvalue weighted by molar-refractivity contribution is 0.194. The number of halogens is 2. The lowest BCUT2D eigenvalue weighted by Crippen LogP contribution is -2.20. The smallest absolute Gasteiger partial charge is 0.404 e. The van der Waals surface area contributed by atoms with Crippen molar-refractivity contribution in [1.82, 2.24) is 19.9 Å². The van der Waals surface area contributed by atoms with Gasteiger partial charge in [0.05, 0.1) is 23.6 Å². The van der Waals surface area contributed by atoms with Gasteiger partial charge in [-0.1, -0.05) is 23.7 Å². The lowest BCUT2D eigenvalue weighted by atomic mass is 10.1. The van der Waals surface area contributed by atoms with Crippen LogP contribution in [0.3, 0.4) is 0 Å². The predicted octanol–water partition coefficient (Wildman–Crippen LogP) is 2.96. The summed E-state index contributed by atoms with van der Waals surface area (Å²) < 4.78 is 15.7. The third-order valence-electron chi connectivity index (χ3n) is 3.12. The van der Waals surface area contributed by atoms with Crippen LogP contribution in [0.1, 0.15) is 5.56 Å². The van der Waals surface area contributed by atoms with Gasteiger partial charge in [-0.25, -0.2) is 18.7 Å². The molecule has 2 aromatic heterocycles. The summed E-state index contributed by atoms with van der Waals surface area (Å²) in [6, 6.07) is 6.21. The first-order chi connectivity index (χ1) is 10.5. The Balaban J connectivity index is 2.02. The molecule has 0 saturated heterocycles. The summed E-state index contributed by atoms with van der Waals surface area (Å²) in [4.78, 5) is 14.7. The van der Waals surface area contributed by atoms with Crippen LogP contribution in [0.15, 0.2) is 36.7 Å². The van der Waals surface area contributed by atoms with Crippen molar-refractivity contribution in [3.63, 3.8) is 0 Å². The zero-order valence-corrected chi connectivity index (χ0v) is 11.9. The van der Waals surface area contributed by atoms with Crippen LogP contribution in [0.2, 0.25) is 5.15 Å². The second kappa shape index (κ2) is 5.61. The molecule has 0 atom stereocenters. The Labute approximate surface area is 129 Å². The first kappa shape index (κ1) is 14.3. The Bertz CT molecular complexity index is 865. The number of aromatic nitrogens is 3. The molecule has 1 amide bonds. The van der Waals surface area contributed by atoms with Crippen LogP contribution in [0.25, 0.3) is 16.8 Å². The molecule has 2 N–H and O–H groups in total. The summed E-state index contributed by atoms with van der Waals surface area (Å²) in [6.45, 7) is -0.105. The molecule has 0 bridgehead atoms. The number of fused-ring (bicyclic) bond motifs is 1. The number of benzene rings is 1. The Kier molecular flexibility index (Phi) is 3.64. The highest BCUT2D eigenvalue weighted by Crippen LogP contribution is 2.26. The third kappa shape index (κ3) is 2.71. The molecule has 0 radical (unpaired) electrons. The Morgan fingerprint density at radius 1 is 1.41 bits per heavy atom. The van der Waals surface area contributed by atoms with Crippen LogP contribution in [-0.2, 0) is 6.54 Å². The SMILES string of the molecule is O=C(O)NCc1ccc(-c2nc(Cl)cn3nccc23)cc1F. The van der Waals surface area contributed by atoms with Crippen LogP contribution >= 0.6 is 11.6 Å². The highest BCUT2D eigenvalue weighted by Gasteiger charge is 2.12. The van der Waals surface area contributed by atoms with Crippen molar-refractivity contribution < 1.29 is 14.3 Å². The van der Waals surface area contributed by atoms with Gasteiger partial charge < -0.3 is 10.4 Å². The van der Waals surface area contributed by atoms with Gasteiger partial charge >= 0.3 is 6.09 Å². The van der Waals surface area contributed by atoms with Crippen LogP contribution in [0.5, 0.6) is 0 Å². The van der Waals surface area contributed by atoms with Crippen LogP contribution in [0, 0.1) is 5.82 Å². The van der Waals surface area contributed by atoms with E-state index in [1.165, 1.54) is 12.1 Å². The maximum atomic E-state index is 14.1. The van der Waals surface area contributed by atoms with Crippen molar-refractivity contribution in [2.75, 3.05) is 0 Å². The fraction of sp³-hybridized carbons (Fsp3) is 0.0714. The molecule has 6 nitrogen and oxygen atoms in total. The van der Waals surface area contributed by atoms with Crippen molar-refractivity contribution in [2.45, 2.75) is 6.54 Å². The minimum absolute atomic E-state index is 0.105. The van der Waals surface area contributed by atoms with Gasteiger partial charge in [0, 0.05) is 17.7 Å². The quantitative estimate of drug-likeness (QED) is 0.777. The van der Waals surface area contributed by atoms with E-state index in [9.17, 15) is 9.18 Å². The maximum absolute atomic E-state index is 14.1. The zero-order chi connectivity index (χ0) is 15.7. The third-order valence-corrected chi connectivity index (χ3v) is 3.30. The highest BCUT2D eigenvalue weighted by molar-refractivity contribution is 6.29. The summed E-state index contributed by atoms with van der Waals surface area (Å²) in [6.07, 6.45) is 1.95. The number of hydrogen-bond acceptors (Lipinski definition) is 3. The van der Waals surface area contributed by atoms with Gasteiger partial charge in [0.1, 0.15) is 11.0 Å². The predicted molar refractivity (Wildman–Crippen MR) is 78.3 cm³/mol. The number of carboxylic acid groups (broad SMARTS) is 1. The molecule has 2 heterocycles. The summed E-state index contributed by atoms with van der Waals surface area (Å²) in [5, 5.41) is 15.0. The molecular weight excluding hydrogens is 311 g/mol. The van der Waals surface area contributed by atoms with Gasteiger partial charge in [-0.05, 0) is 12.1 Å². The van der Waals surface area contributed by atoms with Gasteiger partial charge in [0.15, 0.2) is 0 Å². The van der Waals surface area contributed by atoms with E-state index in [0.717, 1.165) is 0 Å². The Morgan fingerprint density at radius 3 is 2.95 bits per heavy atom. The van der Waals surface area contributed by atoms with Crippen LogP contribution in [0.4, 0.5) is 9.18 Å². The molecule has 0 saturated carbocycles. The molecular formula is C14H10ClFN4O2. The molecule has 0 aliphatic rings. The van der Waals surface area contributed by atoms with Crippen LogP contribution < -0.4 is 5.32 Å². The van der Waals surface area contributed by atoms with Crippen molar-refractivity contribution in [3.8, 4) is 11.3 Å². The van der Waals surface area contributed by atoms with Gasteiger partial charge in [0.25, 0.3) is 0 Å². The minimum Gasteiger partial charge on any atom is -0.465 e. The molecule has 1 aromatic carbocycles. The lowest BCUT2D eigenvalue weighted by Gasteiger charge is -2.08. The zero-order valence-electron chi connectivity index (χ0n) is 11.1. The largest absolute Gasteiger partial charge is 0.465 e. The van der Waals surface area contributed by atoms with Crippen molar-refractivity contribution in [3.05, 3.63) is 53.2 Å². The van der Waals surface area contributed by atoms with Gasteiger partial charge in [0.2, 0.25) is 0 Å². The van der Waals surface area contributed by atoms with Crippen molar-refractivity contribution >= 4 is 23.2 Å². The summed E-state index contributed by atoms with van der Waals surface area (Å²) in [5.41, 5.74) is 1.98. The summed E-state index contributed by atoms with van der Waals surface area (Å²) in [5.74, 6) is -0.523. The highest BCUT2D eigenvalue weighted by atomic mass is 35.5. The molecule has 8 heteroatoms. The molecule has 112 valence electrons. The first-order valence-electron chi connectivity index (χ1n) is 6.30. The van der Waals surface area contributed by atoms with Gasteiger partial charge in [-0.3, -0.25) is 0 Å². The monoisotopic (exact) mass is 320 g/mol. The van der Waals surface area contributed by atoms with E-state index in [1.54, 1.807) is 29.0 Å². The van der Waals surface area contributed by atoms with Crippen molar-refractivity contribution in [2.24, 2.45) is 0 Å².